The number of benzene rings is 7. The van der Waals surface area contributed by atoms with Crippen molar-refractivity contribution in [2.75, 3.05) is 0 Å². The standard InChI is InChI=1S/C45H29N3S2.C2H6/c1-28-10-22-35(23-11-28)48-40-24-20-33(29-12-16-31(17-13-29)44-46-38-6-2-4-8-42(38)49-44)26-36(40)37-27-34(21-25-41(37)48)30-14-18-32(19-15-30)45-47-39-7-3-5-9-43(39)50-45;1-2/h2-27H,1H3;1-2H3. The van der Waals surface area contributed by atoms with Gasteiger partial charge in [0.25, 0.3) is 0 Å². The Morgan fingerprint density at radius 3 is 1.27 bits per heavy atom. The van der Waals surface area contributed by atoms with Crippen LogP contribution < -0.4 is 0 Å². The van der Waals surface area contributed by atoms with Gasteiger partial charge in [0.15, 0.2) is 0 Å². The summed E-state index contributed by atoms with van der Waals surface area (Å²) < 4.78 is 4.82. The third kappa shape index (κ3) is 5.69. The maximum atomic E-state index is 4.87. The summed E-state index contributed by atoms with van der Waals surface area (Å²) in [6.07, 6.45) is 0. The molecule has 52 heavy (non-hydrogen) atoms. The molecule has 0 spiro atoms. The molecule has 0 saturated carbocycles. The number of fused-ring (bicyclic) bond motifs is 5. The lowest BCUT2D eigenvalue weighted by Gasteiger charge is -2.09. The molecule has 10 rings (SSSR count). The van der Waals surface area contributed by atoms with Crippen LogP contribution in [0.5, 0.6) is 0 Å². The maximum absolute atomic E-state index is 4.87. The molecule has 0 unspecified atom stereocenters. The molecular weight excluding hydrogens is 671 g/mol. The third-order valence-electron chi connectivity index (χ3n) is 9.58. The third-order valence-corrected chi connectivity index (χ3v) is 11.7. The predicted molar refractivity (Wildman–Crippen MR) is 225 cm³/mol. The number of aryl methyl sites for hydroxylation is 1. The lowest BCUT2D eigenvalue weighted by molar-refractivity contribution is 1.17. The first-order chi connectivity index (χ1) is 25.6. The smallest absolute Gasteiger partial charge is 0.124 e. The molecule has 0 aliphatic carbocycles. The second-order valence-electron chi connectivity index (χ2n) is 12.8. The molecule has 10 aromatic rings. The van der Waals surface area contributed by atoms with Crippen LogP contribution in [0.2, 0.25) is 0 Å². The molecule has 0 saturated heterocycles. The molecule has 0 atom stereocenters. The fraction of sp³-hybridized carbons (Fsp3) is 0.0638. The summed E-state index contributed by atoms with van der Waals surface area (Å²) in [7, 11) is 0. The largest absolute Gasteiger partial charge is 0.309 e. The zero-order chi connectivity index (χ0) is 35.2. The van der Waals surface area contributed by atoms with Crippen molar-refractivity contribution in [3.05, 3.63) is 163 Å². The molecule has 0 bridgehead atoms. The zero-order valence-electron chi connectivity index (χ0n) is 29.2. The van der Waals surface area contributed by atoms with E-state index < -0.39 is 0 Å². The van der Waals surface area contributed by atoms with Crippen LogP contribution in [0.15, 0.2) is 158 Å². The molecular formula is C47H35N3S2. The van der Waals surface area contributed by atoms with Gasteiger partial charge < -0.3 is 4.57 Å². The Labute approximate surface area is 311 Å². The van der Waals surface area contributed by atoms with Gasteiger partial charge in [-0.25, -0.2) is 9.97 Å². The fourth-order valence-corrected chi connectivity index (χ4v) is 8.90. The van der Waals surface area contributed by atoms with E-state index in [4.69, 9.17) is 9.97 Å². The molecule has 0 amide bonds. The minimum Gasteiger partial charge on any atom is -0.309 e. The minimum absolute atomic E-state index is 1.05. The lowest BCUT2D eigenvalue weighted by atomic mass is 9.99. The monoisotopic (exact) mass is 705 g/mol. The Bertz CT molecular complexity index is 2620. The highest BCUT2D eigenvalue weighted by Gasteiger charge is 2.16. The first-order valence-corrected chi connectivity index (χ1v) is 19.4. The van der Waals surface area contributed by atoms with Crippen molar-refractivity contribution in [2.45, 2.75) is 20.8 Å². The fourth-order valence-electron chi connectivity index (χ4n) is 6.96. The number of rotatable bonds is 5. The van der Waals surface area contributed by atoms with E-state index in [1.54, 1.807) is 22.7 Å². The van der Waals surface area contributed by atoms with Gasteiger partial charge in [0.2, 0.25) is 0 Å². The molecule has 3 aromatic heterocycles. The zero-order valence-corrected chi connectivity index (χ0v) is 30.8. The first kappa shape index (κ1) is 32.1. The molecule has 0 aliphatic rings. The number of thiazole rings is 2. The average molecular weight is 706 g/mol. The highest BCUT2D eigenvalue weighted by atomic mass is 32.1. The Hall–Kier alpha value is -5.88. The molecule has 0 fully saturated rings. The van der Waals surface area contributed by atoms with E-state index >= 15 is 0 Å². The first-order valence-electron chi connectivity index (χ1n) is 17.7. The van der Waals surface area contributed by atoms with Crippen molar-refractivity contribution in [3.63, 3.8) is 0 Å². The average Bonchev–Trinajstić information content (AvgIpc) is 3.93. The summed E-state index contributed by atoms with van der Waals surface area (Å²) in [4.78, 5) is 9.75. The van der Waals surface area contributed by atoms with Crippen LogP contribution in [-0.4, -0.2) is 14.5 Å². The van der Waals surface area contributed by atoms with Crippen LogP contribution >= 0.6 is 22.7 Å². The van der Waals surface area contributed by atoms with E-state index in [1.165, 1.54) is 59.0 Å². The van der Waals surface area contributed by atoms with E-state index in [0.29, 0.717) is 0 Å². The summed E-state index contributed by atoms with van der Waals surface area (Å²) in [5.74, 6) is 0. The number of hydrogen-bond donors (Lipinski definition) is 0. The molecule has 0 aliphatic heterocycles. The Kier molecular flexibility index (Phi) is 8.23. The topological polar surface area (TPSA) is 30.7 Å². The number of aromatic nitrogens is 3. The van der Waals surface area contributed by atoms with E-state index in [1.807, 2.05) is 26.0 Å². The summed E-state index contributed by atoms with van der Waals surface area (Å²) in [6.45, 7) is 6.14. The molecule has 0 N–H and O–H groups in total. The Balaban J connectivity index is 0.00000177. The van der Waals surface area contributed by atoms with Crippen LogP contribution in [0.4, 0.5) is 0 Å². The van der Waals surface area contributed by atoms with E-state index in [0.717, 1.165) is 37.9 Å². The lowest BCUT2D eigenvalue weighted by Crippen LogP contribution is -1.93. The van der Waals surface area contributed by atoms with Gasteiger partial charge in [0.1, 0.15) is 10.0 Å². The minimum atomic E-state index is 1.05. The summed E-state index contributed by atoms with van der Waals surface area (Å²) in [5, 5.41) is 4.58. The molecule has 3 nitrogen and oxygen atoms in total. The molecule has 3 heterocycles. The summed E-state index contributed by atoms with van der Waals surface area (Å²) >= 11 is 3.48. The SMILES string of the molecule is CC.Cc1ccc(-n2c3ccc(-c4ccc(-c5nc6ccccc6s5)cc4)cc3c3cc(-c4ccc(-c5nc6ccccc6s5)cc4)ccc32)cc1. The van der Waals surface area contributed by atoms with Crippen LogP contribution in [0.3, 0.4) is 0 Å². The Morgan fingerprint density at radius 1 is 0.423 bits per heavy atom. The summed E-state index contributed by atoms with van der Waals surface area (Å²) in [5.41, 5.74) is 14.0. The predicted octanol–water partition coefficient (Wildman–Crippen LogP) is 14.0. The van der Waals surface area contributed by atoms with Gasteiger partial charge in [-0.15, -0.1) is 22.7 Å². The summed E-state index contributed by atoms with van der Waals surface area (Å²) in [6, 6.07) is 56.9. The van der Waals surface area contributed by atoms with Gasteiger partial charge in [0, 0.05) is 27.6 Å². The van der Waals surface area contributed by atoms with Gasteiger partial charge in [-0.05, 0) is 89.8 Å². The van der Waals surface area contributed by atoms with Gasteiger partial charge in [-0.1, -0.05) is 116 Å². The van der Waals surface area contributed by atoms with E-state index in [2.05, 4.69) is 157 Å². The normalized spacial score (nSPS) is 11.4. The molecule has 7 aromatic carbocycles. The highest BCUT2D eigenvalue weighted by Crippen LogP contribution is 2.39. The second-order valence-corrected chi connectivity index (χ2v) is 14.8. The quantitative estimate of drug-likeness (QED) is 0.178. The molecule has 250 valence electrons. The van der Waals surface area contributed by atoms with Crippen LogP contribution in [0.25, 0.3) is 91.3 Å². The van der Waals surface area contributed by atoms with Crippen molar-refractivity contribution < 1.29 is 0 Å². The van der Waals surface area contributed by atoms with Crippen LogP contribution in [0.1, 0.15) is 19.4 Å². The second kappa shape index (κ2) is 13.3. The van der Waals surface area contributed by atoms with Gasteiger partial charge in [-0.3, -0.25) is 0 Å². The molecule has 0 radical (unpaired) electrons. The number of hydrogen-bond acceptors (Lipinski definition) is 4. The van der Waals surface area contributed by atoms with Gasteiger partial charge >= 0.3 is 0 Å². The number of nitrogens with zero attached hydrogens (tertiary/aromatic N) is 3. The van der Waals surface area contributed by atoms with Crippen molar-refractivity contribution in [1.29, 1.82) is 0 Å². The molecule has 5 heteroatoms. The Morgan fingerprint density at radius 2 is 0.827 bits per heavy atom. The van der Waals surface area contributed by atoms with Gasteiger partial charge in [-0.2, -0.15) is 0 Å². The highest BCUT2D eigenvalue weighted by molar-refractivity contribution is 7.22. The van der Waals surface area contributed by atoms with Crippen LogP contribution in [0, 0.1) is 6.92 Å². The van der Waals surface area contributed by atoms with Crippen molar-refractivity contribution >= 4 is 64.9 Å². The van der Waals surface area contributed by atoms with E-state index in [-0.39, 0.29) is 0 Å². The maximum Gasteiger partial charge on any atom is 0.124 e. The van der Waals surface area contributed by atoms with Crippen molar-refractivity contribution in [3.8, 4) is 49.1 Å². The van der Waals surface area contributed by atoms with Gasteiger partial charge in [0.05, 0.1) is 31.5 Å². The van der Waals surface area contributed by atoms with Crippen molar-refractivity contribution in [1.82, 2.24) is 14.5 Å². The van der Waals surface area contributed by atoms with Crippen LogP contribution in [-0.2, 0) is 0 Å². The number of para-hydroxylation sites is 2. The van der Waals surface area contributed by atoms with E-state index in [9.17, 15) is 0 Å². The van der Waals surface area contributed by atoms with Crippen molar-refractivity contribution in [2.24, 2.45) is 0 Å².